The van der Waals surface area contributed by atoms with E-state index in [0.29, 0.717) is 5.56 Å². The average Bonchev–Trinajstić information content (AvgIpc) is 2.35. The molecule has 6 nitrogen and oxygen atoms in total. The number of nitrogens with zero attached hydrogens (tertiary/aromatic N) is 1. The van der Waals surface area contributed by atoms with E-state index in [4.69, 9.17) is 5.11 Å². The van der Waals surface area contributed by atoms with Crippen molar-refractivity contribution < 1.29 is 14.8 Å². The number of rotatable bonds is 5. The van der Waals surface area contributed by atoms with Gasteiger partial charge in [0, 0.05) is 18.7 Å². The Morgan fingerprint density at radius 1 is 1.47 bits per heavy atom. The van der Waals surface area contributed by atoms with Crippen molar-refractivity contribution in [1.82, 2.24) is 5.32 Å². The number of carbonyl (C=O) groups is 1. The number of nitrogens with one attached hydrogen (secondary N) is 1. The molecule has 0 spiro atoms. The van der Waals surface area contributed by atoms with E-state index in [9.17, 15) is 14.9 Å². The number of hydrogen-bond acceptors (Lipinski definition) is 4. The molecule has 1 aromatic rings. The van der Waals surface area contributed by atoms with Crippen LogP contribution in [0.2, 0.25) is 0 Å². The Morgan fingerprint density at radius 3 is 2.53 bits per heavy atom. The molecule has 1 rings (SSSR count). The Kier molecular flexibility index (Phi) is 4.59. The Hall–Kier alpha value is -1.95. The molecule has 0 fully saturated rings. The zero-order valence-corrected chi connectivity index (χ0v) is 9.42. The summed E-state index contributed by atoms with van der Waals surface area (Å²) in [7, 11) is 0. The molecule has 2 N–H and O–H groups in total. The summed E-state index contributed by atoms with van der Waals surface area (Å²) in [6.45, 7) is 1.79. The van der Waals surface area contributed by atoms with Gasteiger partial charge < -0.3 is 10.4 Å². The number of amides is 1. The van der Waals surface area contributed by atoms with Crippen LogP contribution in [0.3, 0.4) is 0 Å². The number of hydrogen-bond donors (Lipinski definition) is 2. The molecule has 0 radical (unpaired) electrons. The minimum Gasteiger partial charge on any atom is -0.395 e. The molecule has 1 aromatic carbocycles. The lowest BCUT2D eigenvalue weighted by molar-refractivity contribution is -0.384. The lowest BCUT2D eigenvalue weighted by Crippen LogP contribution is -2.30. The number of non-ortho nitro benzene ring substituents is 1. The second-order valence-corrected chi connectivity index (χ2v) is 3.58. The summed E-state index contributed by atoms with van der Waals surface area (Å²) >= 11 is 0. The molecule has 0 saturated carbocycles. The third-order valence-corrected chi connectivity index (χ3v) is 2.41. The van der Waals surface area contributed by atoms with Gasteiger partial charge in [-0.2, -0.15) is 0 Å². The molecule has 92 valence electrons. The van der Waals surface area contributed by atoms with E-state index in [1.54, 1.807) is 19.1 Å². The predicted octanol–water partition coefficient (Wildman–Crippen LogP) is 0.807. The summed E-state index contributed by atoms with van der Waals surface area (Å²) < 4.78 is 0. The molecular weight excluding hydrogens is 224 g/mol. The SMILES string of the molecule is CC(C(=O)NCCO)c1ccc([N+](=O)[O-])cc1. The molecule has 0 aliphatic heterocycles. The van der Waals surface area contributed by atoms with Crippen LogP contribution in [0, 0.1) is 10.1 Å². The molecule has 0 aliphatic carbocycles. The lowest BCUT2D eigenvalue weighted by Gasteiger charge is -2.11. The molecule has 0 bridgehead atoms. The molecule has 6 heteroatoms. The van der Waals surface area contributed by atoms with E-state index in [1.165, 1.54) is 12.1 Å². The summed E-state index contributed by atoms with van der Waals surface area (Å²) in [6.07, 6.45) is 0. The Balaban J connectivity index is 2.72. The third kappa shape index (κ3) is 3.53. The van der Waals surface area contributed by atoms with E-state index in [0.717, 1.165) is 0 Å². The standard InChI is InChI=1S/C11H14N2O4/c1-8(11(15)12-6-7-14)9-2-4-10(5-3-9)13(16)17/h2-5,8,14H,6-7H2,1H3,(H,12,15). The van der Waals surface area contributed by atoms with E-state index in [1.807, 2.05) is 0 Å². The molecule has 1 amide bonds. The molecule has 0 aromatic heterocycles. The summed E-state index contributed by atoms with van der Waals surface area (Å²) in [6, 6.07) is 5.85. The number of aliphatic hydroxyl groups excluding tert-OH is 1. The molecule has 0 saturated heterocycles. The number of nitro groups is 1. The van der Waals surface area contributed by atoms with Gasteiger partial charge in [0.25, 0.3) is 5.69 Å². The number of aliphatic hydroxyl groups is 1. The first-order valence-corrected chi connectivity index (χ1v) is 5.19. The van der Waals surface area contributed by atoms with Gasteiger partial charge in [-0.15, -0.1) is 0 Å². The molecule has 1 atom stereocenters. The van der Waals surface area contributed by atoms with Crippen molar-refractivity contribution in [2.75, 3.05) is 13.2 Å². The maximum absolute atomic E-state index is 11.6. The van der Waals surface area contributed by atoms with Crippen LogP contribution in [0.25, 0.3) is 0 Å². The minimum atomic E-state index is -0.486. The number of benzene rings is 1. The van der Waals surface area contributed by atoms with Crippen molar-refractivity contribution in [1.29, 1.82) is 0 Å². The maximum atomic E-state index is 11.6. The molecule has 1 unspecified atom stereocenters. The highest BCUT2D eigenvalue weighted by molar-refractivity contribution is 5.83. The van der Waals surface area contributed by atoms with Gasteiger partial charge in [-0.05, 0) is 12.5 Å². The van der Waals surface area contributed by atoms with Gasteiger partial charge >= 0.3 is 0 Å². The van der Waals surface area contributed by atoms with Crippen molar-refractivity contribution in [3.05, 3.63) is 39.9 Å². The fourth-order valence-corrected chi connectivity index (χ4v) is 1.37. The lowest BCUT2D eigenvalue weighted by atomic mass is 10.0. The predicted molar refractivity (Wildman–Crippen MR) is 61.6 cm³/mol. The second-order valence-electron chi connectivity index (χ2n) is 3.58. The highest BCUT2D eigenvalue weighted by Crippen LogP contribution is 2.19. The van der Waals surface area contributed by atoms with Crippen LogP contribution in [-0.2, 0) is 4.79 Å². The van der Waals surface area contributed by atoms with Gasteiger partial charge in [-0.25, -0.2) is 0 Å². The van der Waals surface area contributed by atoms with Crippen LogP contribution in [0.5, 0.6) is 0 Å². The van der Waals surface area contributed by atoms with Crippen LogP contribution in [-0.4, -0.2) is 29.1 Å². The zero-order chi connectivity index (χ0) is 12.8. The van der Waals surface area contributed by atoms with Crippen LogP contribution >= 0.6 is 0 Å². The van der Waals surface area contributed by atoms with E-state index in [2.05, 4.69) is 5.32 Å². The van der Waals surface area contributed by atoms with Gasteiger partial charge in [-0.3, -0.25) is 14.9 Å². The summed E-state index contributed by atoms with van der Waals surface area (Å²) in [4.78, 5) is 21.5. The van der Waals surface area contributed by atoms with Gasteiger partial charge in [0.05, 0.1) is 17.4 Å². The van der Waals surface area contributed by atoms with Crippen LogP contribution < -0.4 is 5.32 Å². The smallest absolute Gasteiger partial charge is 0.269 e. The number of nitro benzene ring substituents is 1. The summed E-state index contributed by atoms with van der Waals surface area (Å²) in [5.74, 6) is -0.616. The fraction of sp³-hybridized carbons (Fsp3) is 0.364. The minimum absolute atomic E-state index is 0.00304. The largest absolute Gasteiger partial charge is 0.395 e. The molecular formula is C11H14N2O4. The van der Waals surface area contributed by atoms with Gasteiger partial charge in [0.2, 0.25) is 5.91 Å². The topological polar surface area (TPSA) is 92.5 Å². The number of carbonyl (C=O) groups excluding carboxylic acids is 1. The summed E-state index contributed by atoms with van der Waals surface area (Å²) in [5, 5.41) is 21.6. The highest BCUT2D eigenvalue weighted by atomic mass is 16.6. The van der Waals surface area contributed by atoms with Crippen LogP contribution in [0.4, 0.5) is 5.69 Å². The Labute approximate surface area is 98.4 Å². The van der Waals surface area contributed by atoms with Crippen molar-refractivity contribution in [3.63, 3.8) is 0 Å². The Morgan fingerprint density at radius 2 is 2.06 bits per heavy atom. The van der Waals surface area contributed by atoms with Gasteiger partial charge in [0.15, 0.2) is 0 Å². The summed E-state index contributed by atoms with van der Waals surface area (Å²) in [5.41, 5.74) is 0.697. The first-order valence-electron chi connectivity index (χ1n) is 5.19. The fourth-order valence-electron chi connectivity index (χ4n) is 1.37. The normalized spacial score (nSPS) is 11.9. The van der Waals surface area contributed by atoms with Gasteiger partial charge in [0.1, 0.15) is 0 Å². The molecule has 17 heavy (non-hydrogen) atoms. The third-order valence-electron chi connectivity index (χ3n) is 2.41. The van der Waals surface area contributed by atoms with Crippen molar-refractivity contribution in [2.45, 2.75) is 12.8 Å². The van der Waals surface area contributed by atoms with Crippen LogP contribution in [0.1, 0.15) is 18.4 Å². The van der Waals surface area contributed by atoms with Gasteiger partial charge in [-0.1, -0.05) is 12.1 Å². The molecule has 0 heterocycles. The quantitative estimate of drug-likeness (QED) is 0.586. The maximum Gasteiger partial charge on any atom is 0.269 e. The molecule has 0 aliphatic rings. The highest BCUT2D eigenvalue weighted by Gasteiger charge is 2.15. The van der Waals surface area contributed by atoms with E-state index < -0.39 is 10.8 Å². The zero-order valence-electron chi connectivity index (χ0n) is 9.42. The van der Waals surface area contributed by atoms with E-state index in [-0.39, 0.29) is 24.7 Å². The van der Waals surface area contributed by atoms with Crippen molar-refractivity contribution in [2.24, 2.45) is 0 Å². The first-order chi connectivity index (χ1) is 8.06. The van der Waals surface area contributed by atoms with Crippen molar-refractivity contribution in [3.8, 4) is 0 Å². The average molecular weight is 238 g/mol. The van der Waals surface area contributed by atoms with E-state index >= 15 is 0 Å². The first kappa shape index (κ1) is 13.1. The van der Waals surface area contributed by atoms with Crippen molar-refractivity contribution >= 4 is 11.6 Å². The Bertz CT molecular complexity index is 402. The van der Waals surface area contributed by atoms with Crippen LogP contribution in [0.15, 0.2) is 24.3 Å². The monoisotopic (exact) mass is 238 g/mol. The second kappa shape index (κ2) is 5.95.